The molecule has 3 aliphatic rings. The number of thioether (sulfide) groups is 1. The number of nitrogens with one attached hydrogen (secondary N) is 2. The average Bonchev–Trinajstić information content (AvgIpc) is 3.61. The van der Waals surface area contributed by atoms with Crippen molar-refractivity contribution in [3.05, 3.63) is 24.3 Å². The summed E-state index contributed by atoms with van der Waals surface area (Å²) in [7, 11) is 0. The fourth-order valence-corrected chi connectivity index (χ4v) is 10.1. The molecule has 2 aromatic rings. The summed E-state index contributed by atoms with van der Waals surface area (Å²) in [5, 5.41) is 24.6. The number of amides is 3. The second-order valence-corrected chi connectivity index (χ2v) is 13.7. The summed E-state index contributed by atoms with van der Waals surface area (Å²) in [5.74, 6) is -1.58. The van der Waals surface area contributed by atoms with Crippen LogP contribution in [-0.2, 0) is 21.1 Å². The molecule has 1 aromatic carbocycles. The van der Waals surface area contributed by atoms with E-state index in [1.807, 2.05) is 45.0 Å². The standard InChI is InChI=1S/C26H35BrN6O4S/c1-4-9-28-23(35)19-20-25(37)33(15(12-34)10-14(2)3)22(26(20)11-16(27)21(19)38-26)24(36)29-13-32-18-8-6-5-7-17(18)30-31-32/h5-8,14-16,19-22,34H,4,9-13H2,1-3H3,(H,28,35)(H,29,36)/t15-,16?,19+,20+,21+,22?,26?/m1/s1. The van der Waals surface area contributed by atoms with E-state index in [0.29, 0.717) is 19.4 Å². The highest BCUT2D eigenvalue weighted by atomic mass is 79.9. The molecule has 4 heterocycles. The van der Waals surface area contributed by atoms with Crippen molar-refractivity contribution in [2.75, 3.05) is 13.2 Å². The van der Waals surface area contributed by atoms with Crippen molar-refractivity contribution in [2.24, 2.45) is 17.8 Å². The van der Waals surface area contributed by atoms with E-state index >= 15 is 0 Å². The third kappa shape index (κ3) is 4.42. The number of para-hydroxylation sites is 1. The van der Waals surface area contributed by atoms with Crippen LogP contribution in [-0.4, -0.2) is 82.8 Å². The summed E-state index contributed by atoms with van der Waals surface area (Å²) < 4.78 is 0.859. The van der Waals surface area contributed by atoms with Gasteiger partial charge in [0, 0.05) is 16.6 Å². The van der Waals surface area contributed by atoms with E-state index in [4.69, 9.17) is 0 Å². The molecule has 3 N–H and O–H groups in total. The molecule has 3 aliphatic heterocycles. The first-order valence-corrected chi connectivity index (χ1v) is 15.1. The molecule has 2 bridgehead atoms. The molecule has 0 saturated carbocycles. The predicted octanol–water partition coefficient (Wildman–Crippen LogP) is 1.90. The summed E-state index contributed by atoms with van der Waals surface area (Å²) in [4.78, 5) is 43.2. The molecule has 3 fully saturated rings. The smallest absolute Gasteiger partial charge is 0.245 e. The Morgan fingerprint density at radius 1 is 1.26 bits per heavy atom. The van der Waals surface area contributed by atoms with Crippen LogP contribution in [0.25, 0.3) is 11.0 Å². The second-order valence-electron chi connectivity index (χ2n) is 10.9. The minimum absolute atomic E-state index is 0.00103. The third-order valence-corrected chi connectivity index (χ3v) is 11.2. The first kappa shape index (κ1) is 27.4. The largest absolute Gasteiger partial charge is 0.394 e. The Hall–Kier alpha value is -2.18. The zero-order valence-electron chi connectivity index (χ0n) is 21.8. The van der Waals surface area contributed by atoms with Crippen LogP contribution in [0.5, 0.6) is 0 Å². The van der Waals surface area contributed by atoms with Crippen molar-refractivity contribution < 1.29 is 19.5 Å². The Kier molecular flexibility index (Phi) is 7.76. The Bertz CT molecular complexity index is 1230. The number of nitrogens with zero attached hydrogens (tertiary/aromatic N) is 4. The molecule has 1 aromatic heterocycles. The molecule has 0 radical (unpaired) electrons. The van der Waals surface area contributed by atoms with Crippen molar-refractivity contribution in [3.8, 4) is 0 Å². The molecule has 3 saturated heterocycles. The van der Waals surface area contributed by atoms with E-state index < -0.39 is 28.7 Å². The van der Waals surface area contributed by atoms with E-state index in [-0.39, 0.29) is 47.0 Å². The molecule has 3 amide bonds. The van der Waals surface area contributed by atoms with Crippen molar-refractivity contribution in [3.63, 3.8) is 0 Å². The monoisotopic (exact) mass is 606 g/mol. The lowest BCUT2D eigenvalue weighted by Gasteiger charge is -2.37. The quantitative estimate of drug-likeness (QED) is 0.352. The molecule has 1 spiro atoms. The van der Waals surface area contributed by atoms with Crippen LogP contribution in [0.15, 0.2) is 24.3 Å². The summed E-state index contributed by atoms with van der Waals surface area (Å²) in [6.07, 6.45) is 1.95. The maximum atomic E-state index is 14.2. The van der Waals surface area contributed by atoms with E-state index in [0.717, 1.165) is 17.5 Å². The van der Waals surface area contributed by atoms with Crippen molar-refractivity contribution >= 4 is 56.4 Å². The topological polar surface area (TPSA) is 129 Å². The van der Waals surface area contributed by atoms with Crippen LogP contribution >= 0.6 is 27.7 Å². The first-order chi connectivity index (χ1) is 18.2. The summed E-state index contributed by atoms with van der Waals surface area (Å²) >= 11 is 5.37. The van der Waals surface area contributed by atoms with Crippen LogP contribution in [0, 0.1) is 17.8 Å². The van der Waals surface area contributed by atoms with Crippen molar-refractivity contribution in [1.29, 1.82) is 0 Å². The maximum Gasteiger partial charge on any atom is 0.245 e. The van der Waals surface area contributed by atoms with Crippen LogP contribution in [0.4, 0.5) is 0 Å². The number of benzene rings is 1. The van der Waals surface area contributed by atoms with E-state index in [9.17, 15) is 19.5 Å². The van der Waals surface area contributed by atoms with Gasteiger partial charge in [0.25, 0.3) is 0 Å². The molecule has 0 aliphatic carbocycles. The van der Waals surface area contributed by atoms with E-state index in [1.165, 1.54) is 0 Å². The molecule has 206 valence electrons. The molecule has 10 nitrogen and oxygen atoms in total. The maximum absolute atomic E-state index is 14.2. The number of fused-ring (bicyclic) bond motifs is 2. The Morgan fingerprint density at radius 2 is 2.03 bits per heavy atom. The molecule has 38 heavy (non-hydrogen) atoms. The van der Waals surface area contributed by atoms with Gasteiger partial charge in [-0.2, -0.15) is 0 Å². The molecule has 5 rings (SSSR count). The molecule has 12 heteroatoms. The van der Waals surface area contributed by atoms with Gasteiger partial charge in [0.15, 0.2) is 0 Å². The van der Waals surface area contributed by atoms with Gasteiger partial charge in [-0.3, -0.25) is 14.4 Å². The lowest BCUT2D eigenvalue weighted by Crippen LogP contribution is -2.57. The fourth-order valence-electron chi connectivity index (χ4n) is 6.53. The van der Waals surface area contributed by atoms with Crippen LogP contribution in [0.3, 0.4) is 0 Å². The molecule has 3 unspecified atom stereocenters. The number of hydrogen-bond donors (Lipinski definition) is 3. The zero-order chi connectivity index (χ0) is 27.2. The number of likely N-dealkylation sites (tertiary alicyclic amines) is 1. The van der Waals surface area contributed by atoms with Gasteiger partial charge in [0.2, 0.25) is 17.7 Å². The second kappa shape index (κ2) is 10.8. The van der Waals surface area contributed by atoms with Gasteiger partial charge in [0.05, 0.1) is 34.7 Å². The number of carbonyl (C=O) groups is 3. The molecular formula is C26H35BrN6O4S. The number of aromatic nitrogens is 3. The number of aliphatic hydroxyl groups excluding tert-OH is 1. The highest BCUT2D eigenvalue weighted by Gasteiger charge is 2.76. The van der Waals surface area contributed by atoms with E-state index in [1.54, 1.807) is 21.3 Å². The van der Waals surface area contributed by atoms with Gasteiger partial charge >= 0.3 is 0 Å². The minimum Gasteiger partial charge on any atom is -0.394 e. The number of alkyl halides is 1. The number of hydrogen-bond acceptors (Lipinski definition) is 7. The van der Waals surface area contributed by atoms with Crippen LogP contribution in [0.2, 0.25) is 0 Å². The van der Waals surface area contributed by atoms with Gasteiger partial charge < -0.3 is 20.6 Å². The van der Waals surface area contributed by atoms with Crippen molar-refractivity contribution in [1.82, 2.24) is 30.5 Å². The highest BCUT2D eigenvalue weighted by Crippen LogP contribution is 2.68. The third-order valence-electron chi connectivity index (χ3n) is 8.00. The number of carbonyl (C=O) groups excluding carboxylic acids is 3. The predicted molar refractivity (Wildman–Crippen MR) is 148 cm³/mol. The Labute approximate surface area is 234 Å². The average molecular weight is 608 g/mol. The van der Waals surface area contributed by atoms with E-state index in [2.05, 4.69) is 36.9 Å². The normalized spacial score (nSPS) is 30.7. The lowest BCUT2D eigenvalue weighted by molar-refractivity contribution is -0.143. The Morgan fingerprint density at radius 3 is 2.74 bits per heavy atom. The fraction of sp³-hybridized carbons (Fsp3) is 0.654. The van der Waals surface area contributed by atoms with Gasteiger partial charge in [-0.05, 0) is 37.3 Å². The van der Waals surface area contributed by atoms with Crippen LogP contribution < -0.4 is 10.6 Å². The van der Waals surface area contributed by atoms with Gasteiger partial charge in [-0.15, -0.1) is 16.9 Å². The summed E-state index contributed by atoms with van der Waals surface area (Å²) in [6, 6.07) is 6.17. The number of aliphatic hydroxyl groups is 1. The SMILES string of the molecule is CCCNC(=O)[C@H]1[C@H]2C(=O)N([C@@H](CO)CC(C)C)C(C(=O)NCn3nnc4ccccc43)C23CC(Br)[C@@H]1S3. The van der Waals surface area contributed by atoms with Gasteiger partial charge in [-0.1, -0.05) is 54.0 Å². The summed E-state index contributed by atoms with van der Waals surface area (Å²) in [5.41, 5.74) is 1.52. The highest BCUT2D eigenvalue weighted by molar-refractivity contribution is 9.09. The van der Waals surface area contributed by atoms with Crippen molar-refractivity contribution in [2.45, 2.75) is 73.6 Å². The first-order valence-electron chi connectivity index (χ1n) is 13.3. The molecule has 7 atom stereocenters. The van der Waals surface area contributed by atoms with Crippen LogP contribution in [0.1, 0.15) is 40.0 Å². The Balaban J connectivity index is 1.49. The molecular weight excluding hydrogens is 572 g/mol. The number of rotatable bonds is 10. The van der Waals surface area contributed by atoms with Gasteiger partial charge in [-0.25, -0.2) is 4.68 Å². The lowest BCUT2D eigenvalue weighted by atomic mass is 9.70. The summed E-state index contributed by atoms with van der Waals surface area (Å²) in [6.45, 7) is 6.44. The zero-order valence-corrected chi connectivity index (χ0v) is 24.2. The van der Waals surface area contributed by atoms with Gasteiger partial charge in [0.1, 0.15) is 18.2 Å². The minimum atomic E-state index is -0.815. The number of halogens is 1.